The number of amides is 2. The normalized spacial score (nSPS) is 26.7. The quantitative estimate of drug-likeness (QED) is 0.776. The molecule has 2 amide bonds. The van der Waals surface area contributed by atoms with Crippen LogP contribution in [0.4, 0.5) is 0 Å². The van der Waals surface area contributed by atoms with Crippen LogP contribution in [0.15, 0.2) is 11.0 Å². The number of likely N-dealkylation sites (N-methyl/N-ethyl adjacent to an activating group) is 1. The monoisotopic (exact) mass is 428 g/mol. The number of fused-ring (bicyclic) bond motifs is 2. The summed E-state index contributed by atoms with van der Waals surface area (Å²) in [6.45, 7) is 3.66. The van der Waals surface area contributed by atoms with Crippen molar-refractivity contribution in [3.05, 3.63) is 33.2 Å². The van der Waals surface area contributed by atoms with Gasteiger partial charge in [0.2, 0.25) is 5.91 Å². The molecule has 1 aromatic rings. The second-order valence-corrected chi connectivity index (χ2v) is 9.58. The summed E-state index contributed by atoms with van der Waals surface area (Å²) in [4.78, 5) is 47.5. The lowest BCUT2D eigenvalue weighted by atomic mass is 9.95. The Morgan fingerprint density at radius 1 is 1.16 bits per heavy atom. The summed E-state index contributed by atoms with van der Waals surface area (Å²) in [5.74, 6) is 0.497. The van der Waals surface area contributed by atoms with Crippen LogP contribution in [0.25, 0.3) is 0 Å². The minimum absolute atomic E-state index is 0.00465. The van der Waals surface area contributed by atoms with Gasteiger partial charge in [-0.2, -0.15) is 0 Å². The fraction of sp³-hybridized carbons (Fsp3) is 0.696. The molecule has 3 aliphatic heterocycles. The summed E-state index contributed by atoms with van der Waals surface area (Å²) < 4.78 is 5.86. The number of nitrogens with one attached hydrogen (secondary N) is 1. The second kappa shape index (κ2) is 8.39. The highest BCUT2D eigenvalue weighted by Crippen LogP contribution is 2.30. The van der Waals surface area contributed by atoms with Gasteiger partial charge in [0.25, 0.3) is 11.5 Å². The number of pyridine rings is 1. The molecule has 0 spiro atoms. The van der Waals surface area contributed by atoms with Gasteiger partial charge in [-0.3, -0.25) is 19.3 Å². The Hall–Kier alpha value is -2.19. The number of likely N-dealkylation sites (tertiary alicyclic amines) is 1. The van der Waals surface area contributed by atoms with Gasteiger partial charge in [-0.1, -0.05) is 12.8 Å². The largest absolute Gasteiger partial charge is 0.373 e. The molecule has 8 nitrogen and oxygen atoms in total. The highest BCUT2D eigenvalue weighted by atomic mass is 16.5. The summed E-state index contributed by atoms with van der Waals surface area (Å²) in [6, 6.07) is 0.181. The number of nitrogens with zero attached hydrogens (tertiary/aromatic N) is 3. The minimum atomic E-state index is -0.335. The first-order valence-electron chi connectivity index (χ1n) is 11.6. The van der Waals surface area contributed by atoms with Gasteiger partial charge in [-0.25, -0.2) is 0 Å². The van der Waals surface area contributed by atoms with Gasteiger partial charge in [0.15, 0.2) is 0 Å². The van der Waals surface area contributed by atoms with Gasteiger partial charge < -0.3 is 19.5 Å². The summed E-state index contributed by atoms with van der Waals surface area (Å²) in [5, 5.41) is 0. The standard InChI is InChI=1S/C23H32N4O4/c1-25-8-9-31-19-14-27(13-18(19)25)23(30)21-17-6-7-26(12-16(17)11-24-22(21)29)20(28)10-15-4-2-3-5-15/h11,15,18-19H,2-10,12-14H2,1H3,(H,24,29)/t18-,19-/m0/s1. The van der Waals surface area contributed by atoms with E-state index in [9.17, 15) is 14.4 Å². The SMILES string of the molecule is CN1CCO[C@H]2CN(C(=O)c3c4c(c[nH]c3=O)CN(C(=O)CC3CCCC3)CC4)C[C@@H]21. The predicted octanol–water partition coefficient (Wildman–Crippen LogP) is 0.995. The van der Waals surface area contributed by atoms with E-state index in [-0.39, 0.29) is 35.1 Å². The van der Waals surface area contributed by atoms with E-state index in [1.807, 2.05) is 4.90 Å². The first-order valence-corrected chi connectivity index (χ1v) is 11.6. The number of carbonyl (C=O) groups is 2. The molecular weight excluding hydrogens is 396 g/mol. The Morgan fingerprint density at radius 2 is 1.97 bits per heavy atom. The van der Waals surface area contributed by atoms with Crippen LogP contribution in [0.1, 0.15) is 53.6 Å². The summed E-state index contributed by atoms with van der Waals surface area (Å²) >= 11 is 0. The van der Waals surface area contributed by atoms with E-state index in [4.69, 9.17) is 4.74 Å². The average molecular weight is 429 g/mol. The van der Waals surface area contributed by atoms with E-state index in [1.54, 1.807) is 11.1 Å². The van der Waals surface area contributed by atoms with E-state index in [1.165, 1.54) is 12.8 Å². The number of aromatic nitrogens is 1. The molecule has 0 radical (unpaired) electrons. The van der Waals surface area contributed by atoms with Crippen molar-refractivity contribution in [2.24, 2.45) is 5.92 Å². The minimum Gasteiger partial charge on any atom is -0.373 e. The molecular formula is C23H32N4O4. The van der Waals surface area contributed by atoms with Gasteiger partial charge in [0, 0.05) is 45.3 Å². The van der Waals surface area contributed by atoms with Crippen LogP contribution in [-0.4, -0.2) is 83.5 Å². The highest BCUT2D eigenvalue weighted by molar-refractivity contribution is 5.96. The third-order valence-electron chi connectivity index (χ3n) is 7.66. The molecule has 1 aliphatic carbocycles. The Morgan fingerprint density at radius 3 is 2.74 bits per heavy atom. The molecule has 4 heterocycles. The third kappa shape index (κ3) is 3.91. The third-order valence-corrected chi connectivity index (χ3v) is 7.66. The van der Waals surface area contributed by atoms with Crippen LogP contribution in [0.2, 0.25) is 0 Å². The topological polar surface area (TPSA) is 85.9 Å². The number of carbonyl (C=O) groups excluding carboxylic acids is 2. The smallest absolute Gasteiger partial charge is 0.261 e. The number of ether oxygens (including phenoxy) is 1. The van der Waals surface area contributed by atoms with Crippen molar-refractivity contribution in [3.63, 3.8) is 0 Å². The van der Waals surface area contributed by atoms with E-state index >= 15 is 0 Å². The first-order chi connectivity index (χ1) is 15.0. The Labute approximate surface area is 182 Å². The van der Waals surface area contributed by atoms with Crippen LogP contribution >= 0.6 is 0 Å². The van der Waals surface area contributed by atoms with Gasteiger partial charge in [0.1, 0.15) is 5.56 Å². The van der Waals surface area contributed by atoms with Gasteiger partial charge >= 0.3 is 0 Å². The summed E-state index contributed by atoms with van der Waals surface area (Å²) in [7, 11) is 2.06. The van der Waals surface area contributed by atoms with Crippen LogP contribution in [0.5, 0.6) is 0 Å². The van der Waals surface area contributed by atoms with Crippen LogP contribution < -0.4 is 5.56 Å². The Kier molecular flexibility index (Phi) is 5.60. The lowest BCUT2D eigenvalue weighted by Gasteiger charge is -2.33. The lowest BCUT2D eigenvalue weighted by Crippen LogP contribution is -2.48. The second-order valence-electron chi connectivity index (χ2n) is 9.58. The zero-order valence-electron chi connectivity index (χ0n) is 18.3. The maximum absolute atomic E-state index is 13.4. The number of morpholine rings is 1. The fourth-order valence-corrected chi connectivity index (χ4v) is 5.78. The van der Waals surface area contributed by atoms with Crippen LogP contribution in [0.3, 0.4) is 0 Å². The van der Waals surface area contributed by atoms with E-state index < -0.39 is 0 Å². The summed E-state index contributed by atoms with van der Waals surface area (Å²) in [6.07, 6.45) is 7.62. The van der Waals surface area contributed by atoms with E-state index in [2.05, 4.69) is 16.9 Å². The maximum Gasteiger partial charge on any atom is 0.261 e. The Bertz CT molecular complexity index is 923. The molecule has 1 N–H and O–H groups in total. The zero-order valence-corrected chi connectivity index (χ0v) is 18.3. The van der Waals surface area contributed by atoms with Gasteiger partial charge in [-0.15, -0.1) is 0 Å². The fourth-order valence-electron chi connectivity index (χ4n) is 5.78. The van der Waals surface area contributed by atoms with E-state index in [0.717, 1.165) is 30.5 Å². The van der Waals surface area contributed by atoms with Crippen molar-refractivity contribution in [1.29, 1.82) is 0 Å². The summed E-state index contributed by atoms with van der Waals surface area (Å²) in [5.41, 5.74) is 1.61. The van der Waals surface area contributed by atoms with Crippen LogP contribution in [-0.2, 0) is 22.5 Å². The van der Waals surface area contributed by atoms with Crippen molar-refractivity contribution >= 4 is 11.8 Å². The number of aromatic amines is 1. The molecule has 5 rings (SSSR count). The van der Waals surface area contributed by atoms with Crippen molar-refractivity contribution in [2.75, 3.05) is 39.8 Å². The molecule has 0 unspecified atom stereocenters. The number of rotatable bonds is 3. The van der Waals surface area contributed by atoms with Crippen LogP contribution in [0, 0.1) is 5.92 Å². The molecule has 0 aromatic carbocycles. The van der Waals surface area contributed by atoms with E-state index in [0.29, 0.717) is 51.5 Å². The number of hydrogen-bond acceptors (Lipinski definition) is 5. The van der Waals surface area contributed by atoms with Gasteiger partial charge in [-0.05, 0) is 43.4 Å². The van der Waals surface area contributed by atoms with Gasteiger partial charge in [0.05, 0.1) is 18.8 Å². The van der Waals surface area contributed by atoms with Crippen molar-refractivity contribution in [2.45, 2.75) is 57.2 Å². The average Bonchev–Trinajstić information content (AvgIpc) is 3.43. The lowest BCUT2D eigenvalue weighted by molar-refractivity contribution is -0.133. The molecule has 0 bridgehead atoms. The molecule has 1 aromatic heterocycles. The first kappa shape index (κ1) is 20.7. The molecule has 3 fully saturated rings. The Balaban J connectivity index is 1.33. The number of hydrogen-bond donors (Lipinski definition) is 1. The molecule has 4 aliphatic rings. The molecule has 1 saturated carbocycles. The predicted molar refractivity (Wildman–Crippen MR) is 115 cm³/mol. The van der Waals surface area contributed by atoms with Crippen molar-refractivity contribution in [3.8, 4) is 0 Å². The molecule has 2 saturated heterocycles. The zero-order chi connectivity index (χ0) is 21.5. The maximum atomic E-state index is 13.4. The molecule has 31 heavy (non-hydrogen) atoms. The number of H-pyrrole nitrogens is 1. The van der Waals surface area contributed by atoms with Crippen molar-refractivity contribution < 1.29 is 14.3 Å². The van der Waals surface area contributed by atoms with Crippen molar-refractivity contribution in [1.82, 2.24) is 19.7 Å². The molecule has 2 atom stereocenters. The molecule has 168 valence electrons. The highest BCUT2D eigenvalue weighted by Gasteiger charge is 2.42. The molecule has 8 heteroatoms.